The molecule has 0 spiro atoms. The summed E-state index contributed by atoms with van der Waals surface area (Å²) in [6.07, 6.45) is 6.01. The number of phenolic OH excluding ortho intramolecular Hbond substituents is 1. The van der Waals surface area contributed by atoms with Gasteiger partial charge in [0.05, 0.1) is 6.54 Å². The molecule has 4 N–H and O–H groups in total. The van der Waals surface area contributed by atoms with Crippen LogP contribution >= 0.6 is 0 Å². The first kappa shape index (κ1) is 17.5. The van der Waals surface area contributed by atoms with Crippen LogP contribution in [0.25, 0.3) is 0 Å². The van der Waals surface area contributed by atoms with E-state index in [-0.39, 0.29) is 17.9 Å². The smallest absolute Gasteiger partial charge is 0.233 e. The first-order valence-corrected chi connectivity index (χ1v) is 10.6. The van der Waals surface area contributed by atoms with Crippen LogP contribution in [0.15, 0.2) is 18.2 Å². The van der Waals surface area contributed by atoms with Gasteiger partial charge >= 0.3 is 0 Å². The summed E-state index contributed by atoms with van der Waals surface area (Å²) in [6, 6.07) is 7.29. The maximum absolute atomic E-state index is 11.7. The zero-order chi connectivity index (χ0) is 18.8. The highest BCUT2D eigenvalue weighted by Crippen LogP contribution is 2.61. The molecule has 2 aliphatic heterocycles. The minimum absolute atomic E-state index is 0.0400. The molecule has 0 radical (unpaired) electrons. The molecule has 27 heavy (non-hydrogen) atoms. The van der Waals surface area contributed by atoms with E-state index in [4.69, 9.17) is 5.73 Å². The summed E-state index contributed by atoms with van der Waals surface area (Å²) < 4.78 is 0. The molecular weight excluding hydrogens is 338 g/mol. The molecule has 1 amide bonds. The molecule has 4 aliphatic carbocycles. The zero-order valence-electron chi connectivity index (χ0n) is 16.2. The van der Waals surface area contributed by atoms with Crippen molar-refractivity contribution in [1.82, 2.24) is 10.2 Å². The molecule has 146 valence electrons. The lowest BCUT2D eigenvalue weighted by molar-refractivity contribution is -0.154. The van der Waals surface area contributed by atoms with E-state index < -0.39 is 0 Å². The van der Waals surface area contributed by atoms with Crippen LogP contribution in [0, 0.1) is 17.8 Å². The number of nitrogens with zero attached hydrogens (tertiary/aromatic N) is 1. The van der Waals surface area contributed by atoms with Crippen molar-refractivity contribution in [2.24, 2.45) is 23.5 Å². The van der Waals surface area contributed by atoms with Gasteiger partial charge in [-0.1, -0.05) is 13.0 Å². The van der Waals surface area contributed by atoms with Gasteiger partial charge in [0.15, 0.2) is 0 Å². The van der Waals surface area contributed by atoms with E-state index >= 15 is 0 Å². The Morgan fingerprint density at radius 3 is 2.93 bits per heavy atom. The second kappa shape index (κ2) is 6.21. The molecule has 2 unspecified atom stereocenters. The first-order chi connectivity index (χ1) is 13.0. The van der Waals surface area contributed by atoms with Crippen LogP contribution in [0.5, 0.6) is 5.75 Å². The van der Waals surface area contributed by atoms with Gasteiger partial charge in [0.1, 0.15) is 5.75 Å². The van der Waals surface area contributed by atoms with E-state index in [0.717, 1.165) is 31.1 Å². The third-order valence-corrected chi connectivity index (χ3v) is 8.03. The fourth-order valence-corrected chi connectivity index (χ4v) is 6.54. The number of nitrogens with two attached hydrogens (primary N) is 1. The molecule has 4 bridgehead atoms. The topological polar surface area (TPSA) is 78.6 Å². The van der Waals surface area contributed by atoms with Gasteiger partial charge in [-0.05, 0) is 73.1 Å². The average molecular weight is 370 g/mol. The van der Waals surface area contributed by atoms with E-state index in [0.29, 0.717) is 30.3 Å². The van der Waals surface area contributed by atoms with Gasteiger partial charge in [-0.25, -0.2) is 0 Å². The lowest BCUT2D eigenvalue weighted by Crippen LogP contribution is -2.74. The number of carbonyl (C=O) groups excluding carboxylic acids is 1. The third-order valence-electron chi connectivity index (χ3n) is 8.03. The summed E-state index contributed by atoms with van der Waals surface area (Å²) in [5, 5.41) is 13.2. The van der Waals surface area contributed by atoms with Crippen molar-refractivity contribution in [3.63, 3.8) is 0 Å². The SMILES string of the molecule is C[C@H]1[C@H]2C3Cc4ccc(O)cc4[C@]1(CCNC(=O)CN)CC3N2CC1CC1. The summed E-state index contributed by atoms with van der Waals surface area (Å²) in [5.74, 6) is 2.48. The third kappa shape index (κ3) is 2.62. The minimum Gasteiger partial charge on any atom is -0.508 e. The normalized spacial score (nSPS) is 36.7. The number of aromatic hydroxyl groups is 1. The lowest BCUT2D eigenvalue weighted by atomic mass is 9.52. The fraction of sp³-hybridized carbons (Fsp3) is 0.682. The fourth-order valence-electron chi connectivity index (χ4n) is 6.54. The Balaban J connectivity index is 1.48. The lowest BCUT2D eigenvalue weighted by Gasteiger charge is -2.66. The van der Waals surface area contributed by atoms with Crippen LogP contribution < -0.4 is 11.1 Å². The number of piperidine rings is 1. The van der Waals surface area contributed by atoms with Gasteiger partial charge in [-0.3, -0.25) is 9.69 Å². The van der Waals surface area contributed by atoms with Gasteiger partial charge < -0.3 is 16.2 Å². The number of hydrogen-bond donors (Lipinski definition) is 3. The molecule has 5 heteroatoms. The Morgan fingerprint density at radius 1 is 1.41 bits per heavy atom. The molecule has 2 saturated heterocycles. The summed E-state index contributed by atoms with van der Waals surface area (Å²) in [7, 11) is 0. The van der Waals surface area contributed by atoms with Gasteiger partial charge in [0, 0.05) is 30.6 Å². The van der Waals surface area contributed by atoms with Crippen LogP contribution in [0.2, 0.25) is 0 Å². The number of phenols is 1. The standard InChI is InChI=1S/C22H31N3O2/c1-13-21-17-8-15-4-5-16(26)9-18(15)22(13,6-7-24-20(27)11-23)10-19(17)25(21)12-14-2-3-14/h4-5,9,13-14,17,19,21,26H,2-3,6-8,10-12,23H2,1H3,(H,24,27)/t13-,17?,19?,21-,22+/m0/s1. The van der Waals surface area contributed by atoms with E-state index in [9.17, 15) is 9.90 Å². The van der Waals surface area contributed by atoms with Crippen LogP contribution in [-0.2, 0) is 16.6 Å². The van der Waals surface area contributed by atoms with E-state index in [2.05, 4.69) is 23.2 Å². The molecule has 1 aromatic rings. The highest BCUT2D eigenvalue weighted by Gasteiger charge is 2.64. The Morgan fingerprint density at radius 2 is 2.22 bits per heavy atom. The van der Waals surface area contributed by atoms with Gasteiger partial charge in [0.2, 0.25) is 5.91 Å². The molecule has 0 aromatic heterocycles. The quantitative estimate of drug-likeness (QED) is 0.714. The van der Waals surface area contributed by atoms with Crippen LogP contribution in [-0.4, -0.2) is 47.6 Å². The molecule has 4 fully saturated rings. The van der Waals surface area contributed by atoms with E-state index in [1.54, 1.807) is 0 Å². The monoisotopic (exact) mass is 369 g/mol. The number of benzene rings is 1. The zero-order valence-corrected chi connectivity index (χ0v) is 16.2. The highest BCUT2D eigenvalue weighted by atomic mass is 16.3. The second-order valence-corrected chi connectivity index (χ2v) is 9.36. The van der Waals surface area contributed by atoms with E-state index in [1.165, 1.54) is 30.5 Å². The highest BCUT2D eigenvalue weighted by molar-refractivity contribution is 5.77. The predicted molar refractivity (Wildman–Crippen MR) is 104 cm³/mol. The summed E-state index contributed by atoms with van der Waals surface area (Å²) in [5.41, 5.74) is 8.24. The average Bonchev–Trinajstić information content (AvgIpc) is 3.48. The molecule has 1 aromatic carbocycles. The molecule has 2 heterocycles. The molecule has 7 rings (SSSR count). The summed E-state index contributed by atoms with van der Waals surface area (Å²) in [4.78, 5) is 14.5. The molecule has 2 saturated carbocycles. The van der Waals surface area contributed by atoms with Crippen molar-refractivity contribution in [1.29, 1.82) is 0 Å². The Hall–Kier alpha value is -1.59. The van der Waals surface area contributed by atoms with E-state index in [1.807, 2.05) is 12.1 Å². The molecule has 6 aliphatic rings. The van der Waals surface area contributed by atoms with Gasteiger partial charge in [0.25, 0.3) is 0 Å². The maximum Gasteiger partial charge on any atom is 0.233 e. The first-order valence-electron chi connectivity index (χ1n) is 10.6. The molecular formula is C22H31N3O2. The van der Waals surface area contributed by atoms with Crippen molar-refractivity contribution in [3.8, 4) is 5.75 Å². The predicted octanol–water partition coefficient (Wildman–Crippen LogP) is 1.77. The van der Waals surface area contributed by atoms with Crippen LogP contribution in [0.1, 0.15) is 43.7 Å². The van der Waals surface area contributed by atoms with Crippen molar-refractivity contribution >= 4 is 5.91 Å². The van der Waals surface area contributed by atoms with Crippen LogP contribution in [0.4, 0.5) is 0 Å². The summed E-state index contributed by atoms with van der Waals surface area (Å²) in [6.45, 7) is 4.39. The summed E-state index contributed by atoms with van der Waals surface area (Å²) >= 11 is 0. The Labute approximate surface area is 161 Å². The second-order valence-electron chi connectivity index (χ2n) is 9.36. The number of nitrogens with one attached hydrogen (secondary N) is 1. The molecule has 5 nitrogen and oxygen atoms in total. The van der Waals surface area contributed by atoms with Crippen LogP contribution in [0.3, 0.4) is 0 Å². The number of hydrogen-bond acceptors (Lipinski definition) is 4. The minimum atomic E-state index is -0.0852. The number of rotatable bonds is 6. The number of carbonyl (C=O) groups is 1. The van der Waals surface area contributed by atoms with Crippen molar-refractivity contribution < 1.29 is 9.90 Å². The van der Waals surface area contributed by atoms with Gasteiger partial charge in [-0.15, -0.1) is 0 Å². The Kier molecular flexibility index (Phi) is 4.03. The largest absolute Gasteiger partial charge is 0.508 e. The van der Waals surface area contributed by atoms with Crippen molar-refractivity contribution in [2.75, 3.05) is 19.6 Å². The number of amides is 1. The van der Waals surface area contributed by atoms with Crippen molar-refractivity contribution in [3.05, 3.63) is 29.3 Å². The Bertz CT molecular complexity index is 762. The maximum atomic E-state index is 11.7. The van der Waals surface area contributed by atoms with Crippen molar-refractivity contribution in [2.45, 2.75) is 56.5 Å². The van der Waals surface area contributed by atoms with Gasteiger partial charge in [-0.2, -0.15) is 0 Å². The molecule has 5 atom stereocenters.